The van der Waals surface area contributed by atoms with Gasteiger partial charge in [0.25, 0.3) is 5.91 Å². The monoisotopic (exact) mass is 379 g/mol. The summed E-state index contributed by atoms with van der Waals surface area (Å²) in [7, 11) is 0. The Hall–Kier alpha value is -3.15. The van der Waals surface area contributed by atoms with Crippen LogP contribution in [-0.4, -0.2) is 48.3 Å². The van der Waals surface area contributed by atoms with Gasteiger partial charge >= 0.3 is 0 Å². The second-order valence-corrected chi connectivity index (χ2v) is 6.82. The van der Waals surface area contributed by atoms with Crippen molar-refractivity contribution in [1.82, 2.24) is 15.5 Å². The Morgan fingerprint density at radius 2 is 1.54 bits per heavy atom. The molecule has 0 aliphatic carbocycles. The highest BCUT2D eigenvalue weighted by Gasteiger charge is 2.33. The van der Waals surface area contributed by atoms with Gasteiger partial charge in [-0.1, -0.05) is 48.5 Å². The molecule has 1 unspecified atom stereocenters. The van der Waals surface area contributed by atoms with Crippen LogP contribution in [0.25, 0.3) is 0 Å². The van der Waals surface area contributed by atoms with Crippen molar-refractivity contribution in [3.63, 3.8) is 0 Å². The van der Waals surface area contributed by atoms with Crippen LogP contribution in [0, 0.1) is 0 Å². The van der Waals surface area contributed by atoms with E-state index in [1.165, 1.54) is 0 Å². The molecule has 1 fully saturated rings. The van der Waals surface area contributed by atoms with Gasteiger partial charge in [-0.2, -0.15) is 0 Å². The van der Waals surface area contributed by atoms with Crippen molar-refractivity contribution >= 4 is 17.7 Å². The molecule has 1 atom stereocenters. The summed E-state index contributed by atoms with van der Waals surface area (Å²) in [4.78, 5) is 38.8. The molecular formula is C22H25N3O3. The molecule has 0 saturated carbocycles. The number of benzene rings is 2. The summed E-state index contributed by atoms with van der Waals surface area (Å²) >= 11 is 0. The first-order valence-electron chi connectivity index (χ1n) is 9.59. The molecule has 6 heteroatoms. The molecule has 1 aliphatic heterocycles. The number of carbonyl (C=O) groups excluding carboxylic acids is 3. The van der Waals surface area contributed by atoms with Crippen molar-refractivity contribution in [3.8, 4) is 0 Å². The third-order valence-electron chi connectivity index (χ3n) is 4.82. The molecule has 2 aromatic rings. The molecule has 3 amide bonds. The van der Waals surface area contributed by atoms with Gasteiger partial charge in [-0.05, 0) is 30.5 Å². The van der Waals surface area contributed by atoms with Crippen LogP contribution in [0.4, 0.5) is 0 Å². The quantitative estimate of drug-likeness (QED) is 0.720. The van der Waals surface area contributed by atoms with E-state index in [2.05, 4.69) is 10.6 Å². The normalized spacial score (nSPS) is 15.9. The maximum absolute atomic E-state index is 12.6. The van der Waals surface area contributed by atoms with Gasteiger partial charge < -0.3 is 15.5 Å². The minimum atomic E-state index is -0.430. The molecule has 1 aliphatic rings. The standard InChI is InChI=1S/C22H25N3O3/c26-20(16-17-8-3-1-4-9-17)25-15-7-12-19(25)22(28)24-14-13-23-21(27)18-10-5-2-6-11-18/h1-6,8-11,19H,7,12-16H2,(H,23,27)(H,24,28). The SMILES string of the molecule is O=C(NCCNC(=O)C1CCCN1C(=O)Cc1ccccc1)c1ccccc1. The molecule has 0 bridgehead atoms. The first-order valence-corrected chi connectivity index (χ1v) is 9.59. The Morgan fingerprint density at radius 3 is 2.25 bits per heavy atom. The van der Waals surface area contributed by atoms with Crippen LogP contribution < -0.4 is 10.6 Å². The van der Waals surface area contributed by atoms with E-state index in [4.69, 9.17) is 0 Å². The number of nitrogens with zero attached hydrogens (tertiary/aromatic N) is 1. The number of amides is 3. The largest absolute Gasteiger partial charge is 0.353 e. The molecule has 28 heavy (non-hydrogen) atoms. The number of hydrogen-bond donors (Lipinski definition) is 2. The van der Waals surface area contributed by atoms with E-state index in [0.29, 0.717) is 38.0 Å². The van der Waals surface area contributed by atoms with Crippen LogP contribution in [0.3, 0.4) is 0 Å². The molecule has 6 nitrogen and oxygen atoms in total. The lowest BCUT2D eigenvalue weighted by Gasteiger charge is -2.24. The Balaban J connectivity index is 1.44. The summed E-state index contributed by atoms with van der Waals surface area (Å²) in [5.41, 5.74) is 1.53. The second kappa shape index (κ2) is 9.69. The number of likely N-dealkylation sites (tertiary alicyclic amines) is 1. The van der Waals surface area contributed by atoms with Crippen LogP contribution in [0.5, 0.6) is 0 Å². The van der Waals surface area contributed by atoms with Crippen molar-refractivity contribution < 1.29 is 14.4 Å². The predicted octanol–water partition coefficient (Wildman–Crippen LogP) is 1.77. The van der Waals surface area contributed by atoms with Gasteiger partial charge in [-0.15, -0.1) is 0 Å². The lowest BCUT2D eigenvalue weighted by Crippen LogP contribution is -2.47. The molecule has 0 spiro atoms. The average Bonchev–Trinajstić information content (AvgIpc) is 3.22. The summed E-state index contributed by atoms with van der Waals surface area (Å²) in [5, 5.41) is 5.61. The lowest BCUT2D eigenvalue weighted by molar-refractivity contribution is -0.137. The summed E-state index contributed by atoms with van der Waals surface area (Å²) in [6, 6.07) is 18.1. The Kier molecular flexibility index (Phi) is 6.78. The molecule has 1 heterocycles. The molecule has 2 aromatic carbocycles. The van der Waals surface area contributed by atoms with E-state index in [9.17, 15) is 14.4 Å². The molecule has 1 saturated heterocycles. The van der Waals surface area contributed by atoms with E-state index < -0.39 is 6.04 Å². The van der Waals surface area contributed by atoms with Gasteiger partial charge in [0.05, 0.1) is 6.42 Å². The molecule has 2 N–H and O–H groups in total. The highest BCUT2D eigenvalue weighted by molar-refractivity contribution is 5.94. The van der Waals surface area contributed by atoms with Gasteiger partial charge in [0.2, 0.25) is 11.8 Å². The highest BCUT2D eigenvalue weighted by atomic mass is 16.2. The van der Waals surface area contributed by atoms with Gasteiger partial charge in [0.15, 0.2) is 0 Å². The van der Waals surface area contributed by atoms with E-state index >= 15 is 0 Å². The predicted molar refractivity (Wildman–Crippen MR) is 107 cm³/mol. The number of nitrogens with one attached hydrogen (secondary N) is 2. The molecule has 0 radical (unpaired) electrons. The zero-order valence-electron chi connectivity index (χ0n) is 15.8. The summed E-state index contributed by atoms with van der Waals surface area (Å²) in [6.07, 6.45) is 1.80. The zero-order chi connectivity index (χ0) is 19.8. The van der Waals surface area contributed by atoms with Gasteiger partial charge in [0.1, 0.15) is 6.04 Å². The number of hydrogen-bond acceptors (Lipinski definition) is 3. The van der Waals surface area contributed by atoms with Crippen LogP contribution in [0.1, 0.15) is 28.8 Å². The maximum atomic E-state index is 12.6. The molecule has 146 valence electrons. The van der Waals surface area contributed by atoms with Gasteiger partial charge in [-0.3, -0.25) is 14.4 Å². The van der Waals surface area contributed by atoms with Crippen LogP contribution in [0.2, 0.25) is 0 Å². The van der Waals surface area contributed by atoms with Crippen molar-refractivity contribution in [2.24, 2.45) is 0 Å². The van der Waals surface area contributed by atoms with E-state index in [0.717, 1.165) is 12.0 Å². The zero-order valence-corrected chi connectivity index (χ0v) is 15.8. The molecule has 3 rings (SSSR count). The topological polar surface area (TPSA) is 78.5 Å². The van der Waals surface area contributed by atoms with E-state index in [1.807, 2.05) is 36.4 Å². The van der Waals surface area contributed by atoms with Crippen LogP contribution >= 0.6 is 0 Å². The molecule has 0 aromatic heterocycles. The maximum Gasteiger partial charge on any atom is 0.251 e. The van der Waals surface area contributed by atoms with E-state index in [1.54, 1.807) is 29.2 Å². The minimum absolute atomic E-state index is 0.0266. The third-order valence-corrected chi connectivity index (χ3v) is 4.82. The van der Waals surface area contributed by atoms with Crippen molar-refractivity contribution in [3.05, 3.63) is 71.8 Å². The van der Waals surface area contributed by atoms with Gasteiger partial charge in [-0.25, -0.2) is 0 Å². The first kappa shape index (κ1) is 19.6. The lowest BCUT2D eigenvalue weighted by atomic mass is 10.1. The molecular weight excluding hydrogens is 354 g/mol. The fourth-order valence-electron chi connectivity index (χ4n) is 3.38. The number of carbonyl (C=O) groups is 3. The van der Waals surface area contributed by atoms with Crippen molar-refractivity contribution in [1.29, 1.82) is 0 Å². The smallest absolute Gasteiger partial charge is 0.251 e. The van der Waals surface area contributed by atoms with Gasteiger partial charge in [0, 0.05) is 25.2 Å². The fraction of sp³-hybridized carbons (Fsp3) is 0.318. The Morgan fingerprint density at radius 1 is 0.893 bits per heavy atom. The summed E-state index contributed by atoms with van der Waals surface area (Å²) in [6.45, 7) is 1.27. The number of rotatable bonds is 7. The first-order chi connectivity index (χ1) is 13.6. The fourth-order valence-corrected chi connectivity index (χ4v) is 3.38. The Bertz CT molecular complexity index is 808. The van der Waals surface area contributed by atoms with Crippen LogP contribution in [-0.2, 0) is 16.0 Å². The second-order valence-electron chi connectivity index (χ2n) is 6.82. The third kappa shape index (κ3) is 5.19. The van der Waals surface area contributed by atoms with Crippen LogP contribution in [0.15, 0.2) is 60.7 Å². The summed E-state index contributed by atoms with van der Waals surface area (Å²) in [5.74, 6) is -0.357. The summed E-state index contributed by atoms with van der Waals surface area (Å²) < 4.78 is 0. The van der Waals surface area contributed by atoms with Crippen molar-refractivity contribution in [2.45, 2.75) is 25.3 Å². The Labute approximate surface area is 164 Å². The van der Waals surface area contributed by atoms with Crippen molar-refractivity contribution in [2.75, 3.05) is 19.6 Å². The average molecular weight is 379 g/mol. The van der Waals surface area contributed by atoms with E-state index in [-0.39, 0.29) is 17.7 Å². The minimum Gasteiger partial charge on any atom is -0.353 e. The highest BCUT2D eigenvalue weighted by Crippen LogP contribution is 2.19.